The quantitative estimate of drug-likeness (QED) is 0.793. The van der Waals surface area contributed by atoms with Crippen LogP contribution in [0.1, 0.15) is 25.3 Å². The third-order valence-corrected chi connectivity index (χ3v) is 3.43. The van der Waals surface area contributed by atoms with Gasteiger partial charge in [-0.05, 0) is 30.5 Å². The molecule has 2 heteroatoms. The number of hydrogen-bond acceptors (Lipinski definition) is 2. The van der Waals surface area contributed by atoms with E-state index in [0.29, 0.717) is 6.04 Å². The molecule has 2 atom stereocenters. The van der Waals surface area contributed by atoms with Crippen LogP contribution in [0.2, 0.25) is 0 Å². The maximum absolute atomic E-state index is 5.98. The first kappa shape index (κ1) is 9.53. The fourth-order valence-corrected chi connectivity index (χ4v) is 2.20. The van der Waals surface area contributed by atoms with Gasteiger partial charge < -0.3 is 10.5 Å². The SMILES string of the molecule is CCC1(c2ccc(OC)cc2)CC1N. The van der Waals surface area contributed by atoms with E-state index in [0.717, 1.165) is 18.6 Å². The molecule has 1 aliphatic carbocycles. The van der Waals surface area contributed by atoms with Gasteiger partial charge in [-0.1, -0.05) is 19.1 Å². The number of ether oxygens (including phenoxy) is 1. The average molecular weight is 191 g/mol. The minimum atomic E-state index is 0.256. The van der Waals surface area contributed by atoms with Crippen molar-refractivity contribution in [2.75, 3.05) is 7.11 Å². The lowest BCUT2D eigenvalue weighted by molar-refractivity contribution is 0.414. The summed E-state index contributed by atoms with van der Waals surface area (Å²) in [4.78, 5) is 0. The van der Waals surface area contributed by atoms with Gasteiger partial charge in [0, 0.05) is 11.5 Å². The maximum atomic E-state index is 5.98. The second-order valence-corrected chi connectivity index (χ2v) is 4.05. The zero-order valence-electron chi connectivity index (χ0n) is 8.79. The van der Waals surface area contributed by atoms with Gasteiger partial charge in [-0.3, -0.25) is 0 Å². The Balaban J connectivity index is 2.25. The third-order valence-electron chi connectivity index (χ3n) is 3.43. The van der Waals surface area contributed by atoms with Crippen LogP contribution >= 0.6 is 0 Å². The molecule has 2 unspecified atom stereocenters. The van der Waals surface area contributed by atoms with E-state index in [4.69, 9.17) is 10.5 Å². The van der Waals surface area contributed by atoms with E-state index in [1.165, 1.54) is 5.56 Å². The van der Waals surface area contributed by atoms with Crippen LogP contribution in [-0.2, 0) is 5.41 Å². The van der Waals surface area contributed by atoms with E-state index in [1.54, 1.807) is 7.11 Å². The second-order valence-electron chi connectivity index (χ2n) is 4.05. The molecule has 1 aromatic carbocycles. The molecule has 1 aromatic rings. The monoisotopic (exact) mass is 191 g/mol. The van der Waals surface area contributed by atoms with Crippen molar-refractivity contribution in [1.29, 1.82) is 0 Å². The van der Waals surface area contributed by atoms with Crippen molar-refractivity contribution in [1.82, 2.24) is 0 Å². The molecule has 0 aliphatic heterocycles. The second kappa shape index (κ2) is 3.28. The van der Waals surface area contributed by atoms with Gasteiger partial charge >= 0.3 is 0 Å². The normalized spacial score (nSPS) is 30.1. The number of methoxy groups -OCH3 is 1. The first-order valence-electron chi connectivity index (χ1n) is 5.13. The van der Waals surface area contributed by atoms with Gasteiger partial charge in [0.15, 0.2) is 0 Å². The number of benzene rings is 1. The summed E-state index contributed by atoms with van der Waals surface area (Å²) in [5.74, 6) is 0.911. The predicted molar refractivity (Wildman–Crippen MR) is 57.6 cm³/mol. The van der Waals surface area contributed by atoms with Crippen LogP contribution < -0.4 is 10.5 Å². The summed E-state index contributed by atoms with van der Waals surface area (Å²) < 4.78 is 5.13. The zero-order chi connectivity index (χ0) is 10.2. The van der Waals surface area contributed by atoms with Crippen molar-refractivity contribution in [2.45, 2.75) is 31.2 Å². The smallest absolute Gasteiger partial charge is 0.118 e. The van der Waals surface area contributed by atoms with Crippen molar-refractivity contribution in [3.63, 3.8) is 0 Å². The molecular formula is C12H17NO. The zero-order valence-corrected chi connectivity index (χ0v) is 8.79. The van der Waals surface area contributed by atoms with Crippen LogP contribution in [0.3, 0.4) is 0 Å². The van der Waals surface area contributed by atoms with Gasteiger partial charge in [-0.25, -0.2) is 0 Å². The summed E-state index contributed by atoms with van der Waals surface area (Å²) in [7, 11) is 1.69. The van der Waals surface area contributed by atoms with E-state index in [1.807, 2.05) is 12.1 Å². The van der Waals surface area contributed by atoms with Gasteiger partial charge in [0.05, 0.1) is 7.11 Å². The molecule has 0 aromatic heterocycles. The molecule has 2 nitrogen and oxygen atoms in total. The van der Waals surface area contributed by atoms with E-state index < -0.39 is 0 Å². The van der Waals surface area contributed by atoms with Crippen molar-refractivity contribution in [3.8, 4) is 5.75 Å². The van der Waals surface area contributed by atoms with Crippen molar-refractivity contribution in [3.05, 3.63) is 29.8 Å². The average Bonchev–Trinajstić information content (AvgIpc) is 2.91. The Hall–Kier alpha value is -1.02. The summed E-state index contributed by atoms with van der Waals surface area (Å²) in [6.07, 6.45) is 2.25. The highest BCUT2D eigenvalue weighted by molar-refractivity contribution is 5.39. The van der Waals surface area contributed by atoms with Crippen LogP contribution in [-0.4, -0.2) is 13.2 Å². The lowest BCUT2D eigenvalue weighted by Crippen LogP contribution is -2.17. The van der Waals surface area contributed by atoms with E-state index in [9.17, 15) is 0 Å². The molecule has 0 radical (unpaired) electrons. The molecule has 0 bridgehead atoms. The highest BCUT2D eigenvalue weighted by Crippen LogP contribution is 2.49. The summed E-state index contributed by atoms with van der Waals surface area (Å²) in [6.45, 7) is 2.21. The van der Waals surface area contributed by atoms with Crippen molar-refractivity contribution in [2.24, 2.45) is 5.73 Å². The summed E-state index contributed by atoms with van der Waals surface area (Å²) in [6, 6.07) is 8.64. The van der Waals surface area contributed by atoms with Gasteiger partial charge in [0.25, 0.3) is 0 Å². The molecule has 0 amide bonds. The van der Waals surface area contributed by atoms with Crippen LogP contribution in [0, 0.1) is 0 Å². The van der Waals surface area contributed by atoms with E-state index in [-0.39, 0.29) is 5.41 Å². The number of nitrogens with two attached hydrogens (primary N) is 1. The van der Waals surface area contributed by atoms with Crippen molar-refractivity contribution < 1.29 is 4.74 Å². The maximum Gasteiger partial charge on any atom is 0.118 e. The lowest BCUT2D eigenvalue weighted by Gasteiger charge is -2.14. The van der Waals surface area contributed by atoms with E-state index in [2.05, 4.69) is 19.1 Å². The molecule has 1 aliphatic rings. The molecule has 2 rings (SSSR count). The van der Waals surface area contributed by atoms with Gasteiger partial charge in [-0.15, -0.1) is 0 Å². The molecule has 1 saturated carbocycles. The first-order chi connectivity index (χ1) is 6.73. The lowest BCUT2D eigenvalue weighted by atomic mass is 9.92. The Bertz CT molecular complexity index is 316. The minimum Gasteiger partial charge on any atom is -0.497 e. The molecular weight excluding hydrogens is 174 g/mol. The largest absolute Gasteiger partial charge is 0.497 e. The topological polar surface area (TPSA) is 35.2 Å². The van der Waals surface area contributed by atoms with Gasteiger partial charge in [0.1, 0.15) is 5.75 Å². The minimum absolute atomic E-state index is 0.256. The van der Waals surface area contributed by atoms with Crippen molar-refractivity contribution >= 4 is 0 Å². The molecule has 76 valence electrons. The Morgan fingerprint density at radius 1 is 1.43 bits per heavy atom. The highest BCUT2D eigenvalue weighted by Gasteiger charge is 2.51. The van der Waals surface area contributed by atoms with Crippen LogP contribution in [0.5, 0.6) is 5.75 Å². The Morgan fingerprint density at radius 2 is 2.00 bits per heavy atom. The fourth-order valence-electron chi connectivity index (χ4n) is 2.20. The van der Waals surface area contributed by atoms with Crippen LogP contribution in [0.15, 0.2) is 24.3 Å². The fraction of sp³-hybridized carbons (Fsp3) is 0.500. The molecule has 2 N–H and O–H groups in total. The summed E-state index contributed by atoms with van der Waals surface area (Å²) in [5.41, 5.74) is 7.59. The Kier molecular flexibility index (Phi) is 2.23. The number of rotatable bonds is 3. The standard InChI is InChI=1S/C12H17NO/c1-3-12(8-11(12)13)9-4-6-10(14-2)7-5-9/h4-7,11H,3,8,13H2,1-2H3. The first-order valence-corrected chi connectivity index (χ1v) is 5.13. The highest BCUT2D eigenvalue weighted by atomic mass is 16.5. The number of hydrogen-bond donors (Lipinski definition) is 1. The molecule has 1 fully saturated rings. The van der Waals surface area contributed by atoms with Crippen LogP contribution in [0.25, 0.3) is 0 Å². The molecule has 14 heavy (non-hydrogen) atoms. The third kappa shape index (κ3) is 1.30. The van der Waals surface area contributed by atoms with Crippen LogP contribution in [0.4, 0.5) is 0 Å². The van der Waals surface area contributed by atoms with Gasteiger partial charge in [0.2, 0.25) is 0 Å². The molecule has 0 saturated heterocycles. The summed E-state index contributed by atoms with van der Waals surface area (Å²) >= 11 is 0. The summed E-state index contributed by atoms with van der Waals surface area (Å²) in [5, 5.41) is 0. The predicted octanol–water partition coefficient (Wildman–Crippen LogP) is 2.07. The Morgan fingerprint density at radius 3 is 2.36 bits per heavy atom. The Labute approximate surface area is 85.1 Å². The molecule has 0 heterocycles. The van der Waals surface area contributed by atoms with Gasteiger partial charge in [-0.2, -0.15) is 0 Å². The molecule has 0 spiro atoms. The van der Waals surface area contributed by atoms with E-state index >= 15 is 0 Å².